The summed E-state index contributed by atoms with van der Waals surface area (Å²) in [5, 5.41) is 15.2. The molecular weight excluding hydrogens is 452 g/mol. The Morgan fingerprint density at radius 3 is 2.63 bits per heavy atom. The molecule has 0 bridgehead atoms. The molecule has 2 atom stereocenters. The van der Waals surface area contributed by atoms with E-state index in [-0.39, 0.29) is 36.3 Å². The van der Waals surface area contributed by atoms with Crippen molar-refractivity contribution in [2.45, 2.75) is 51.9 Å². The van der Waals surface area contributed by atoms with Crippen molar-refractivity contribution < 1.29 is 29.0 Å². The SMILES string of the molecule is C[C@@H](CO)N1CC[C@H](CNC(=O)OC(C)(C)C)Oc2c(NC(=O)c3ccncc3)cccc2C1=O. The predicted octanol–water partition coefficient (Wildman–Crippen LogP) is 2.83. The lowest BCUT2D eigenvalue weighted by molar-refractivity contribution is 0.0449. The summed E-state index contributed by atoms with van der Waals surface area (Å²) >= 11 is 0. The van der Waals surface area contributed by atoms with E-state index in [1.807, 2.05) is 0 Å². The number of anilines is 1. The average Bonchev–Trinajstić information content (AvgIpc) is 2.81. The minimum Gasteiger partial charge on any atom is -0.485 e. The van der Waals surface area contributed by atoms with Gasteiger partial charge in [-0.2, -0.15) is 0 Å². The van der Waals surface area contributed by atoms with E-state index in [9.17, 15) is 19.5 Å². The second-order valence-corrected chi connectivity index (χ2v) is 9.31. The number of aromatic nitrogens is 1. The fourth-order valence-electron chi connectivity index (χ4n) is 3.57. The van der Waals surface area contributed by atoms with Crippen LogP contribution in [0, 0.1) is 0 Å². The predicted molar refractivity (Wildman–Crippen MR) is 129 cm³/mol. The largest absolute Gasteiger partial charge is 0.485 e. The molecule has 188 valence electrons. The van der Waals surface area contributed by atoms with E-state index >= 15 is 0 Å². The summed E-state index contributed by atoms with van der Waals surface area (Å²) in [6.45, 7) is 7.29. The lowest BCUT2D eigenvalue weighted by Gasteiger charge is -2.34. The Morgan fingerprint density at radius 2 is 1.97 bits per heavy atom. The van der Waals surface area contributed by atoms with Gasteiger partial charge in [-0.3, -0.25) is 14.6 Å². The molecule has 3 rings (SSSR count). The molecule has 1 aromatic heterocycles. The second kappa shape index (κ2) is 11.2. The number of pyridine rings is 1. The van der Waals surface area contributed by atoms with Gasteiger partial charge in [-0.1, -0.05) is 6.07 Å². The van der Waals surface area contributed by atoms with Gasteiger partial charge in [0, 0.05) is 30.9 Å². The van der Waals surface area contributed by atoms with Gasteiger partial charge >= 0.3 is 6.09 Å². The Balaban J connectivity index is 1.91. The highest BCUT2D eigenvalue weighted by Crippen LogP contribution is 2.34. The number of hydrogen-bond acceptors (Lipinski definition) is 7. The molecule has 10 nitrogen and oxygen atoms in total. The maximum Gasteiger partial charge on any atom is 0.407 e. The van der Waals surface area contributed by atoms with E-state index in [1.54, 1.807) is 62.9 Å². The fraction of sp³-hybridized carbons (Fsp3) is 0.440. The fourth-order valence-corrected chi connectivity index (χ4v) is 3.57. The second-order valence-electron chi connectivity index (χ2n) is 9.31. The van der Waals surface area contributed by atoms with Crippen molar-refractivity contribution in [2.24, 2.45) is 0 Å². The van der Waals surface area contributed by atoms with Crippen LogP contribution in [0.1, 0.15) is 54.8 Å². The first-order valence-corrected chi connectivity index (χ1v) is 11.5. The zero-order valence-corrected chi connectivity index (χ0v) is 20.4. The smallest absolute Gasteiger partial charge is 0.407 e. The molecule has 3 N–H and O–H groups in total. The highest BCUT2D eigenvalue weighted by atomic mass is 16.6. The van der Waals surface area contributed by atoms with Gasteiger partial charge in [0.2, 0.25) is 0 Å². The Kier molecular flexibility index (Phi) is 8.29. The summed E-state index contributed by atoms with van der Waals surface area (Å²) in [5.41, 5.74) is 0.314. The number of amides is 3. The number of carbonyl (C=O) groups is 3. The van der Waals surface area contributed by atoms with Crippen molar-refractivity contribution in [2.75, 3.05) is 25.0 Å². The first-order chi connectivity index (χ1) is 16.6. The van der Waals surface area contributed by atoms with Crippen LogP contribution < -0.4 is 15.4 Å². The third-order valence-corrected chi connectivity index (χ3v) is 5.34. The van der Waals surface area contributed by atoms with Gasteiger partial charge in [0.25, 0.3) is 11.8 Å². The minimum atomic E-state index is -0.650. The van der Waals surface area contributed by atoms with Gasteiger partial charge in [0.05, 0.1) is 30.4 Å². The molecule has 0 fully saturated rings. The molecule has 1 aliphatic heterocycles. The van der Waals surface area contributed by atoms with Crippen LogP contribution >= 0.6 is 0 Å². The quantitative estimate of drug-likeness (QED) is 0.575. The van der Waals surface area contributed by atoms with Crippen molar-refractivity contribution in [1.29, 1.82) is 0 Å². The molecule has 10 heteroatoms. The van der Waals surface area contributed by atoms with Crippen molar-refractivity contribution in [3.63, 3.8) is 0 Å². The van der Waals surface area contributed by atoms with E-state index in [2.05, 4.69) is 15.6 Å². The van der Waals surface area contributed by atoms with Crippen molar-refractivity contribution in [3.05, 3.63) is 53.9 Å². The number of alkyl carbamates (subject to hydrolysis) is 1. The summed E-state index contributed by atoms with van der Waals surface area (Å²) < 4.78 is 11.5. The number of nitrogens with zero attached hydrogens (tertiary/aromatic N) is 2. The highest BCUT2D eigenvalue weighted by molar-refractivity contribution is 6.07. The lowest BCUT2D eigenvalue weighted by atomic mass is 10.1. The summed E-state index contributed by atoms with van der Waals surface area (Å²) in [6.07, 6.45) is 2.30. The number of fused-ring (bicyclic) bond motifs is 1. The Morgan fingerprint density at radius 1 is 1.26 bits per heavy atom. The molecule has 1 aromatic carbocycles. The first-order valence-electron chi connectivity index (χ1n) is 11.5. The van der Waals surface area contributed by atoms with Gasteiger partial charge in [-0.25, -0.2) is 4.79 Å². The molecule has 35 heavy (non-hydrogen) atoms. The summed E-state index contributed by atoms with van der Waals surface area (Å²) in [5.74, 6) is -0.506. The standard InChI is InChI=1S/C25H32N4O6/c1-16(15-30)29-13-10-18(14-27-24(33)35-25(2,3)4)34-21-19(23(29)32)6-5-7-20(21)28-22(31)17-8-11-26-12-9-17/h5-9,11-12,16,18,30H,10,13-15H2,1-4H3,(H,27,33)(H,28,31)/t16-,18+/m0/s1. The number of aliphatic hydroxyl groups is 1. The first kappa shape index (κ1) is 26.0. The summed E-state index contributed by atoms with van der Waals surface area (Å²) in [6, 6.07) is 7.63. The third-order valence-electron chi connectivity index (χ3n) is 5.34. The number of rotatable bonds is 6. The lowest BCUT2D eigenvalue weighted by Crippen LogP contribution is -2.46. The van der Waals surface area contributed by atoms with Crippen LogP contribution in [0.4, 0.5) is 10.5 Å². The van der Waals surface area contributed by atoms with Gasteiger partial charge in [0.1, 0.15) is 11.7 Å². The molecule has 0 radical (unpaired) electrons. The zero-order valence-electron chi connectivity index (χ0n) is 20.4. The monoisotopic (exact) mass is 484 g/mol. The molecular formula is C25H32N4O6. The summed E-state index contributed by atoms with van der Waals surface area (Å²) in [4.78, 5) is 43.8. The maximum atomic E-state index is 13.4. The Bertz CT molecular complexity index is 1050. The number of para-hydroxylation sites is 1. The summed E-state index contributed by atoms with van der Waals surface area (Å²) in [7, 11) is 0. The number of hydrogen-bond donors (Lipinski definition) is 3. The Labute approximate surface area is 204 Å². The van der Waals surface area contributed by atoms with E-state index in [4.69, 9.17) is 9.47 Å². The normalized spacial score (nSPS) is 16.8. The molecule has 2 heterocycles. The molecule has 0 saturated carbocycles. The third kappa shape index (κ3) is 6.92. The molecule has 2 aromatic rings. The van der Waals surface area contributed by atoms with Gasteiger partial charge in [0.15, 0.2) is 5.75 Å². The van der Waals surface area contributed by atoms with Crippen molar-refractivity contribution >= 4 is 23.6 Å². The van der Waals surface area contributed by atoms with Crippen LogP contribution in [0.25, 0.3) is 0 Å². The van der Waals surface area contributed by atoms with E-state index < -0.39 is 23.8 Å². The number of aliphatic hydroxyl groups excluding tert-OH is 1. The van der Waals surface area contributed by atoms with Crippen LogP contribution in [0.5, 0.6) is 5.75 Å². The van der Waals surface area contributed by atoms with Crippen molar-refractivity contribution in [3.8, 4) is 5.75 Å². The molecule has 0 saturated heterocycles. The van der Waals surface area contributed by atoms with Crippen LogP contribution in [0.2, 0.25) is 0 Å². The zero-order chi connectivity index (χ0) is 25.6. The highest BCUT2D eigenvalue weighted by Gasteiger charge is 2.31. The number of carbonyl (C=O) groups excluding carboxylic acids is 3. The average molecular weight is 485 g/mol. The number of benzene rings is 1. The van der Waals surface area contributed by atoms with Crippen LogP contribution in [0.15, 0.2) is 42.7 Å². The van der Waals surface area contributed by atoms with E-state index in [0.717, 1.165) is 0 Å². The Hall–Kier alpha value is -3.66. The van der Waals surface area contributed by atoms with E-state index in [1.165, 1.54) is 12.4 Å². The van der Waals surface area contributed by atoms with Crippen LogP contribution in [-0.4, -0.2) is 70.3 Å². The van der Waals surface area contributed by atoms with E-state index in [0.29, 0.717) is 24.2 Å². The number of nitrogens with one attached hydrogen (secondary N) is 2. The molecule has 3 amide bonds. The van der Waals surface area contributed by atoms with Gasteiger partial charge < -0.3 is 30.1 Å². The van der Waals surface area contributed by atoms with Gasteiger partial charge in [-0.05, 0) is 52.0 Å². The minimum absolute atomic E-state index is 0.122. The van der Waals surface area contributed by atoms with Crippen LogP contribution in [0.3, 0.4) is 0 Å². The number of ether oxygens (including phenoxy) is 2. The molecule has 0 unspecified atom stereocenters. The van der Waals surface area contributed by atoms with Gasteiger partial charge in [-0.15, -0.1) is 0 Å². The van der Waals surface area contributed by atoms with Crippen molar-refractivity contribution in [1.82, 2.24) is 15.2 Å². The molecule has 0 aliphatic carbocycles. The topological polar surface area (TPSA) is 130 Å². The van der Waals surface area contributed by atoms with Crippen LogP contribution in [-0.2, 0) is 4.74 Å². The maximum absolute atomic E-state index is 13.4. The molecule has 1 aliphatic rings. The molecule has 0 spiro atoms.